The molecule has 2 N–H and O–H groups in total. The normalized spacial score (nSPS) is 17.0. The molecule has 26 heavy (non-hydrogen) atoms. The van der Waals surface area contributed by atoms with E-state index in [1.807, 2.05) is 31.2 Å². The Bertz CT molecular complexity index is 533. The Morgan fingerprint density at radius 3 is 2.69 bits per heavy atom. The first-order valence-electron chi connectivity index (χ1n) is 9.42. The maximum absolute atomic E-state index is 5.89. The van der Waals surface area contributed by atoms with Crippen molar-refractivity contribution in [3.8, 4) is 5.75 Å². The van der Waals surface area contributed by atoms with Gasteiger partial charge in [-0.25, -0.2) is 4.99 Å². The van der Waals surface area contributed by atoms with Crippen LogP contribution in [0.5, 0.6) is 5.75 Å². The Hall–Kier alpha value is -1.50. The van der Waals surface area contributed by atoms with E-state index in [1.165, 1.54) is 0 Å². The Labute approximate surface area is 161 Å². The maximum atomic E-state index is 5.89. The summed E-state index contributed by atoms with van der Waals surface area (Å²) in [6.07, 6.45) is 1.07. The number of halogens is 1. The molecular formula is C19H31ClN4O2. The lowest BCUT2D eigenvalue weighted by Gasteiger charge is -2.26. The zero-order chi connectivity index (χ0) is 18.6. The van der Waals surface area contributed by atoms with E-state index in [2.05, 4.69) is 27.4 Å². The monoisotopic (exact) mass is 382 g/mol. The maximum Gasteiger partial charge on any atom is 0.191 e. The van der Waals surface area contributed by atoms with Gasteiger partial charge in [0.05, 0.1) is 19.8 Å². The van der Waals surface area contributed by atoms with Gasteiger partial charge in [-0.05, 0) is 51.1 Å². The van der Waals surface area contributed by atoms with E-state index in [0.29, 0.717) is 11.6 Å². The second-order valence-electron chi connectivity index (χ2n) is 6.34. The summed E-state index contributed by atoms with van der Waals surface area (Å²) in [5.74, 6) is 1.64. The van der Waals surface area contributed by atoms with Crippen molar-refractivity contribution in [2.75, 3.05) is 52.5 Å². The predicted molar refractivity (Wildman–Crippen MR) is 107 cm³/mol. The third-order valence-corrected chi connectivity index (χ3v) is 4.30. The van der Waals surface area contributed by atoms with Gasteiger partial charge in [-0.2, -0.15) is 0 Å². The van der Waals surface area contributed by atoms with Crippen molar-refractivity contribution in [1.29, 1.82) is 0 Å². The summed E-state index contributed by atoms with van der Waals surface area (Å²) in [4.78, 5) is 7.06. The van der Waals surface area contributed by atoms with Gasteiger partial charge in [0.15, 0.2) is 5.96 Å². The quantitative estimate of drug-likeness (QED) is 0.390. The summed E-state index contributed by atoms with van der Waals surface area (Å²) >= 11 is 5.89. The van der Waals surface area contributed by atoms with Gasteiger partial charge in [0, 0.05) is 31.2 Å². The van der Waals surface area contributed by atoms with Crippen LogP contribution in [0, 0.1) is 0 Å². The first-order chi connectivity index (χ1) is 12.7. The molecule has 1 fully saturated rings. The fourth-order valence-electron chi connectivity index (χ4n) is 2.68. The second kappa shape index (κ2) is 12.0. The topological polar surface area (TPSA) is 58.1 Å². The van der Waals surface area contributed by atoms with E-state index >= 15 is 0 Å². The minimum absolute atomic E-state index is 0.0139. The van der Waals surface area contributed by atoms with Crippen molar-refractivity contribution in [3.05, 3.63) is 29.3 Å². The summed E-state index contributed by atoms with van der Waals surface area (Å²) in [6, 6.07) is 7.40. The number of guanidine groups is 1. The first kappa shape index (κ1) is 20.8. The highest BCUT2D eigenvalue weighted by Gasteiger charge is 2.09. The molecule has 0 aromatic heterocycles. The number of benzene rings is 1. The lowest BCUT2D eigenvalue weighted by molar-refractivity contribution is 0.0376. The average Bonchev–Trinajstić information content (AvgIpc) is 2.66. The van der Waals surface area contributed by atoms with Crippen molar-refractivity contribution in [2.45, 2.75) is 26.4 Å². The molecule has 1 aliphatic rings. The zero-order valence-corrected chi connectivity index (χ0v) is 16.6. The molecule has 1 atom stereocenters. The molecule has 0 aliphatic carbocycles. The number of ether oxygens (including phenoxy) is 2. The van der Waals surface area contributed by atoms with Gasteiger partial charge in [-0.1, -0.05) is 11.6 Å². The fraction of sp³-hybridized carbons (Fsp3) is 0.632. The van der Waals surface area contributed by atoms with Crippen LogP contribution in [-0.2, 0) is 4.74 Å². The van der Waals surface area contributed by atoms with Crippen LogP contribution in [0.4, 0.5) is 0 Å². The Morgan fingerprint density at radius 2 is 2.00 bits per heavy atom. The number of rotatable bonds is 9. The lowest BCUT2D eigenvalue weighted by atomic mass is 10.3. The van der Waals surface area contributed by atoms with Crippen LogP contribution in [0.3, 0.4) is 0 Å². The number of hydrogen-bond acceptors (Lipinski definition) is 4. The molecule has 0 spiro atoms. The zero-order valence-electron chi connectivity index (χ0n) is 15.8. The molecule has 2 rings (SSSR count). The van der Waals surface area contributed by atoms with E-state index in [1.54, 1.807) is 0 Å². The second-order valence-corrected chi connectivity index (χ2v) is 6.77. The smallest absolute Gasteiger partial charge is 0.191 e. The molecule has 1 saturated heterocycles. The molecule has 1 heterocycles. The molecule has 0 radical (unpaired) electrons. The van der Waals surface area contributed by atoms with E-state index < -0.39 is 0 Å². The third-order valence-electron chi connectivity index (χ3n) is 4.05. The predicted octanol–water partition coefficient (Wildman–Crippen LogP) is 2.38. The van der Waals surface area contributed by atoms with Crippen molar-refractivity contribution >= 4 is 17.6 Å². The largest absolute Gasteiger partial charge is 0.489 e. The lowest BCUT2D eigenvalue weighted by Crippen LogP contribution is -2.41. The van der Waals surface area contributed by atoms with Gasteiger partial charge in [0.2, 0.25) is 0 Å². The van der Waals surface area contributed by atoms with Crippen molar-refractivity contribution in [3.63, 3.8) is 0 Å². The van der Waals surface area contributed by atoms with Crippen molar-refractivity contribution in [1.82, 2.24) is 15.5 Å². The molecule has 7 heteroatoms. The van der Waals surface area contributed by atoms with Gasteiger partial charge in [0.1, 0.15) is 11.9 Å². The summed E-state index contributed by atoms with van der Waals surface area (Å²) in [6.45, 7) is 11.3. The van der Waals surface area contributed by atoms with Gasteiger partial charge in [-0.15, -0.1) is 0 Å². The van der Waals surface area contributed by atoms with Crippen LogP contribution < -0.4 is 15.4 Å². The van der Waals surface area contributed by atoms with Crippen molar-refractivity contribution < 1.29 is 9.47 Å². The van der Waals surface area contributed by atoms with Crippen molar-refractivity contribution in [2.24, 2.45) is 4.99 Å². The average molecular weight is 383 g/mol. The Balaban J connectivity index is 1.69. The Morgan fingerprint density at radius 1 is 1.27 bits per heavy atom. The Kier molecular flexibility index (Phi) is 9.60. The molecule has 0 saturated carbocycles. The van der Waals surface area contributed by atoms with Crippen LogP contribution in [-0.4, -0.2) is 69.4 Å². The summed E-state index contributed by atoms with van der Waals surface area (Å²) < 4.78 is 11.2. The number of hydrogen-bond donors (Lipinski definition) is 2. The molecule has 6 nitrogen and oxygen atoms in total. The molecular weight excluding hydrogens is 352 g/mol. The standard InChI is InChI=1S/C19H31ClN4O2/c1-3-21-19(22-9-4-10-24-11-13-25-14-12-24)23-15-16(2)26-18-7-5-17(20)6-8-18/h5-8,16H,3-4,9-15H2,1-2H3,(H2,21,22,23). The molecule has 0 amide bonds. The van der Waals surface area contributed by atoms with E-state index in [-0.39, 0.29) is 6.10 Å². The van der Waals surface area contributed by atoms with E-state index in [9.17, 15) is 0 Å². The number of aliphatic imine (C=N–C) groups is 1. The van der Waals surface area contributed by atoms with Crippen LogP contribution in [0.2, 0.25) is 5.02 Å². The summed E-state index contributed by atoms with van der Waals surface area (Å²) in [7, 11) is 0. The van der Waals surface area contributed by atoms with Gasteiger partial charge < -0.3 is 20.1 Å². The molecule has 1 aliphatic heterocycles. The molecule has 0 bridgehead atoms. The number of nitrogens with one attached hydrogen (secondary N) is 2. The minimum atomic E-state index is -0.0139. The highest BCUT2D eigenvalue weighted by Crippen LogP contribution is 2.16. The molecule has 1 aromatic carbocycles. The fourth-order valence-corrected chi connectivity index (χ4v) is 2.80. The van der Waals surface area contributed by atoms with Gasteiger partial charge in [0.25, 0.3) is 0 Å². The SMILES string of the molecule is CCNC(=NCC(C)Oc1ccc(Cl)cc1)NCCCN1CCOCC1. The highest BCUT2D eigenvalue weighted by atomic mass is 35.5. The highest BCUT2D eigenvalue weighted by molar-refractivity contribution is 6.30. The molecule has 146 valence electrons. The van der Waals surface area contributed by atoms with Gasteiger partial charge in [-0.3, -0.25) is 4.90 Å². The van der Waals surface area contributed by atoms with E-state index in [4.69, 9.17) is 21.1 Å². The number of morpholine rings is 1. The van der Waals surface area contributed by atoms with Crippen LogP contribution in [0.25, 0.3) is 0 Å². The molecule has 1 aromatic rings. The minimum Gasteiger partial charge on any atom is -0.489 e. The number of nitrogens with zero attached hydrogens (tertiary/aromatic N) is 2. The third kappa shape index (κ3) is 8.25. The summed E-state index contributed by atoms with van der Waals surface area (Å²) in [5, 5.41) is 7.38. The van der Waals surface area contributed by atoms with Crippen LogP contribution in [0.1, 0.15) is 20.3 Å². The van der Waals surface area contributed by atoms with E-state index in [0.717, 1.165) is 64.1 Å². The summed E-state index contributed by atoms with van der Waals surface area (Å²) in [5.41, 5.74) is 0. The van der Waals surface area contributed by atoms with Gasteiger partial charge >= 0.3 is 0 Å². The van der Waals surface area contributed by atoms with Crippen LogP contribution >= 0.6 is 11.6 Å². The molecule has 1 unspecified atom stereocenters. The first-order valence-corrected chi connectivity index (χ1v) is 9.79. The van der Waals surface area contributed by atoms with Crippen LogP contribution in [0.15, 0.2) is 29.3 Å².